The topological polar surface area (TPSA) is 49.4 Å². The molecular formula is C15H24N2O2S. The fourth-order valence-electron chi connectivity index (χ4n) is 1.92. The van der Waals surface area contributed by atoms with Crippen LogP contribution in [0.2, 0.25) is 0 Å². The van der Waals surface area contributed by atoms with Crippen molar-refractivity contribution in [2.75, 3.05) is 19.6 Å². The molecule has 0 unspecified atom stereocenters. The molecule has 20 heavy (non-hydrogen) atoms. The molecule has 1 aromatic carbocycles. The second-order valence-electron chi connectivity index (χ2n) is 4.57. The van der Waals surface area contributed by atoms with Crippen LogP contribution in [0, 0.1) is 0 Å². The van der Waals surface area contributed by atoms with Crippen LogP contribution in [0.1, 0.15) is 25.8 Å². The summed E-state index contributed by atoms with van der Waals surface area (Å²) >= 11 is 0. The first kappa shape index (κ1) is 16.9. The summed E-state index contributed by atoms with van der Waals surface area (Å²) in [5, 5.41) is 3.27. The zero-order valence-corrected chi connectivity index (χ0v) is 13.1. The lowest BCUT2D eigenvalue weighted by molar-refractivity contribution is 0.459. The fraction of sp³-hybridized carbons (Fsp3) is 0.467. The van der Waals surface area contributed by atoms with Crippen molar-refractivity contribution in [2.45, 2.75) is 31.7 Å². The maximum atomic E-state index is 12.5. The van der Waals surface area contributed by atoms with Crippen LogP contribution >= 0.6 is 0 Å². The van der Waals surface area contributed by atoms with E-state index in [9.17, 15) is 8.42 Å². The van der Waals surface area contributed by atoms with Crippen LogP contribution in [-0.4, -0.2) is 32.4 Å². The van der Waals surface area contributed by atoms with E-state index in [0.717, 1.165) is 18.5 Å². The Morgan fingerprint density at radius 1 is 1.35 bits per heavy atom. The Labute approximate surface area is 122 Å². The molecule has 0 heterocycles. The van der Waals surface area contributed by atoms with Gasteiger partial charge in [-0.2, -0.15) is 4.31 Å². The normalized spacial score (nSPS) is 11.8. The van der Waals surface area contributed by atoms with Gasteiger partial charge in [-0.3, -0.25) is 0 Å². The van der Waals surface area contributed by atoms with Gasteiger partial charge in [0.2, 0.25) is 10.0 Å². The predicted molar refractivity (Wildman–Crippen MR) is 83.1 cm³/mol. The minimum absolute atomic E-state index is 0.331. The summed E-state index contributed by atoms with van der Waals surface area (Å²) in [6.07, 6.45) is 2.66. The number of benzene rings is 1. The molecule has 1 rings (SSSR count). The number of rotatable bonds is 9. The number of nitrogens with one attached hydrogen (secondary N) is 1. The summed E-state index contributed by atoms with van der Waals surface area (Å²) in [5.74, 6) is 0. The smallest absolute Gasteiger partial charge is 0.243 e. The van der Waals surface area contributed by atoms with Gasteiger partial charge in [0.1, 0.15) is 0 Å². The molecule has 0 aliphatic carbocycles. The Bertz CT molecular complexity index is 526. The quantitative estimate of drug-likeness (QED) is 0.562. The van der Waals surface area contributed by atoms with E-state index in [4.69, 9.17) is 0 Å². The largest absolute Gasteiger partial charge is 0.313 e. The van der Waals surface area contributed by atoms with Crippen molar-refractivity contribution in [2.24, 2.45) is 0 Å². The van der Waals surface area contributed by atoms with Gasteiger partial charge >= 0.3 is 0 Å². The molecule has 4 nitrogen and oxygen atoms in total. The molecule has 0 aliphatic heterocycles. The van der Waals surface area contributed by atoms with E-state index in [0.29, 0.717) is 24.5 Å². The molecule has 1 N–H and O–H groups in total. The van der Waals surface area contributed by atoms with E-state index >= 15 is 0 Å². The van der Waals surface area contributed by atoms with Gasteiger partial charge in [0.05, 0.1) is 4.90 Å². The third-order valence-electron chi connectivity index (χ3n) is 2.98. The van der Waals surface area contributed by atoms with Crippen LogP contribution in [0.15, 0.2) is 41.8 Å². The molecule has 1 aromatic rings. The van der Waals surface area contributed by atoms with E-state index < -0.39 is 10.0 Å². The van der Waals surface area contributed by atoms with Crippen molar-refractivity contribution < 1.29 is 8.42 Å². The highest BCUT2D eigenvalue weighted by molar-refractivity contribution is 7.89. The van der Waals surface area contributed by atoms with E-state index in [1.54, 1.807) is 24.3 Å². The molecule has 0 aliphatic rings. The minimum Gasteiger partial charge on any atom is -0.313 e. The Morgan fingerprint density at radius 2 is 2.10 bits per heavy atom. The van der Waals surface area contributed by atoms with Crippen molar-refractivity contribution in [1.29, 1.82) is 0 Å². The van der Waals surface area contributed by atoms with Crippen LogP contribution in [-0.2, 0) is 16.6 Å². The Hall–Kier alpha value is -1.17. The zero-order valence-electron chi connectivity index (χ0n) is 12.3. The monoisotopic (exact) mass is 296 g/mol. The summed E-state index contributed by atoms with van der Waals surface area (Å²) in [7, 11) is -3.43. The van der Waals surface area contributed by atoms with Crippen molar-refractivity contribution in [1.82, 2.24) is 9.62 Å². The van der Waals surface area contributed by atoms with Crippen molar-refractivity contribution in [3.8, 4) is 0 Å². The van der Waals surface area contributed by atoms with Crippen LogP contribution in [0.5, 0.6) is 0 Å². The molecule has 0 amide bonds. The van der Waals surface area contributed by atoms with Gasteiger partial charge < -0.3 is 5.32 Å². The highest BCUT2D eigenvalue weighted by Gasteiger charge is 2.21. The summed E-state index contributed by atoms with van der Waals surface area (Å²) in [5.41, 5.74) is 0.981. The first-order valence-corrected chi connectivity index (χ1v) is 8.41. The van der Waals surface area contributed by atoms with Crippen LogP contribution in [0.25, 0.3) is 0 Å². The molecule has 0 atom stereocenters. The van der Waals surface area contributed by atoms with Gasteiger partial charge in [0.25, 0.3) is 0 Å². The van der Waals surface area contributed by atoms with E-state index in [2.05, 4.69) is 18.8 Å². The average Bonchev–Trinajstić information content (AvgIpc) is 2.45. The lowest BCUT2D eigenvalue weighted by atomic mass is 10.2. The van der Waals surface area contributed by atoms with Gasteiger partial charge in [0, 0.05) is 19.6 Å². The maximum absolute atomic E-state index is 12.5. The van der Waals surface area contributed by atoms with Crippen molar-refractivity contribution in [3.63, 3.8) is 0 Å². The van der Waals surface area contributed by atoms with Gasteiger partial charge in [-0.1, -0.05) is 32.1 Å². The van der Waals surface area contributed by atoms with Gasteiger partial charge in [0.15, 0.2) is 0 Å². The second-order valence-corrected chi connectivity index (χ2v) is 6.51. The second kappa shape index (κ2) is 8.19. The third-order valence-corrected chi connectivity index (χ3v) is 4.91. The molecule has 0 saturated carbocycles. The van der Waals surface area contributed by atoms with E-state index in [1.807, 2.05) is 13.0 Å². The molecular weight excluding hydrogens is 272 g/mol. The lowest BCUT2D eigenvalue weighted by Gasteiger charge is -2.19. The number of hydrogen-bond acceptors (Lipinski definition) is 3. The van der Waals surface area contributed by atoms with Crippen LogP contribution < -0.4 is 5.32 Å². The Morgan fingerprint density at radius 3 is 2.70 bits per heavy atom. The third kappa shape index (κ3) is 4.44. The highest BCUT2D eigenvalue weighted by atomic mass is 32.2. The number of nitrogens with zero attached hydrogens (tertiary/aromatic N) is 1. The minimum atomic E-state index is -3.43. The summed E-state index contributed by atoms with van der Waals surface area (Å²) in [6, 6.07) is 7.11. The SMILES string of the molecule is C=CCN(CC)S(=O)(=O)c1cccc(CNCCC)c1. The van der Waals surface area contributed by atoms with E-state index in [1.165, 1.54) is 4.31 Å². The van der Waals surface area contributed by atoms with Gasteiger partial charge in [-0.25, -0.2) is 8.42 Å². The van der Waals surface area contributed by atoms with Crippen LogP contribution in [0.3, 0.4) is 0 Å². The maximum Gasteiger partial charge on any atom is 0.243 e. The molecule has 0 saturated heterocycles. The molecule has 0 bridgehead atoms. The Kier molecular flexibility index (Phi) is 6.91. The van der Waals surface area contributed by atoms with Gasteiger partial charge in [-0.05, 0) is 30.7 Å². The fourth-order valence-corrected chi connectivity index (χ4v) is 3.41. The molecule has 0 radical (unpaired) electrons. The standard InChI is InChI=1S/C15H24N2O2S/c1-4-10-16-13-14-8-7-9-15(12-14)20(18,19)17(6-3)11-5-2/h5,7-9,12,16H,2,4,6,10-11,13H2,1,3H3. The number of sulfonamides is 1. The van der Waals surface area contributed by atoms with Crippen molar-refractivity contribution in [3.05, 3.63) is 42.5 Å². The Balaban J connectivity index is 2.94. The van der Waals surface area contributed by atoms with Crippen LogP contribution in [0.4, 0.5) is 0 Å². The first-order valence-electron chi connectivity index (χ1n) is 6.97. The summed E-state index contributed by atoms with van der Waals surface area (Å²) in [4.78, 5) is 0.344. The van der Waals surface area contributed by atoms with E-state index in [-0.39, 0.29) is 0 Å². The average molecular weight is 296 g/mol. The molecule has 0 spiro atoms. The first-order chi connectivity index (χ1) is 9.56. The molecule has 0 fully saturated rings. The number of hydrogen-bond donors (Lipinski definition) is 1. The predicted octanol–water partition coefficient (Wildman–Crippen LogP) is 2.38. The number of likely N-dealkylation sites (N-methyl/N-ethyl adjacent to an activating group) is 1. The lowest BCUT2D eigenvalue weighted by Crippen LogP contribution is -2.31. The highest BCUT2D eigenvalue weighted by Crippen LogP contribution is 2.17. The summed E-state index contributed by atoms with van der Waals surface area (Å²) in [6.45, 7) is 9.91. The van der Waals surface area contributed by atoms with Gasteiger partial charge in [-0.15, -0.1) is 6.58 Å². The summed E-state index contributed by atoms with van der Waals surface area (Å²) < 4.78 is 26.4. The molecule has 112 valence electrons. The zero-order chi connectivity index (χ0) is 15.0. The molecule has 5 heteroatoms. The molecule has 0 aromatic heterocycles. The van der Waals surface area contributed by atoms with Crippen molar-refractivity contribution >= 4 is 10.0 Å².